The number of phenols is 1. The van der Waals surface area contributed by atoms with Crippen LogP contribution in [-0.2, 0) is 32.0 Å². The lowest BCUT2D eigenvalue weighted by molar-refractivity contribution is -0.141. The number of hydrogen-bond donors (Lipinski definition) is 8. The first-order valence-corrected chi connectivity index (χ1v) is 14.0. The van der Waals surface area contributed by atoms with Crippen molar-refractivity contribution < 1.29 is 29.4 Å². The Morgan fingerprint density at radius 2 is 1.59 bits per heavy atom. The summed E-state index contributed by atoms with van der Waals surface area (Å²) in [6.07, 6.45) is 2.54. The van der Waals surface area contributed by atoms with Gasteiger partial charge in [-0.05, 0) is 41.7 Å². The Balaban J connectivity index is 1.80. The number of thiol groups is 1. The second-order valence-electron chi connectivity index (χ2n) is 10.1. The molecular formula is C29H37N5O6S. The van der Waals surface area contributed by atoms with Gasteiger partial charge in [-0.3, -0.25) is 14.4 Å². The molecule has 12 heteroatoms. The monoisotopic (exact) mass is 583 g/mol. The van der Waals surface area contributed by atoms with Crippen LogP contribution in [0, 0.1) is 5.92 Å². The highest BCUT2D eigenvalue weighted by molar-refractivity contribution is 7.80. The Morgan fingerprint density at radius 1 is 0.927 bits per heavy atom. The fourth-order valence-corrected chi connectivity index (χ4v) is 4.64. The van der Waals surface area contributed by atoms with E-state index in [0.29, 0.717) is 6.42 Å². The molecule has 11 nitrogen and oxygen atoms in total. The number of aromatic hydroxyl groups is 1. The summed E-state index contributed by atoms with van der Waals surface area (Å²) in [5.41, 5.74) is 8.47. The number of carboxylic acids is 1. The van der Waals surface area contributed by atoms with E-state index < -0.39 is 47.9 Å². The van der Waals surface area contributed by atoms with Gasteiger partial charge < -0.3 is 36.9 Å². The van der Waals surface area contributed by atoms with Crippen LogP contribution in [-0.4, -0.2) is 68.8 Å². The molecule has 5 atom stereocenters. The average molecular weight is 584 g/mol. The van der Waals surface area contributed by atoms with Crippen molar-refractivity contribution in [3.05, 3.63) is 65.9 Å². The SMILES string of the molecule is CCC(C)C(NC(=O)C(N)Cc1ccc(O)cc1)C(=O)NC(Cc1c[nH]c2ccccc12)C(=O)NC(CS)C(=O)O. The smallest absolute Gasteiger partial charge is 0.327 e. The Hall–Kier alpha value is -4.03. The number of aromatic nitrogens is 1. The molecule has 1 heterocycles. The topological polar surface area (TPSA) is 187 Å². The van der Waals surface area contributed by atoms with Crippen LogP contribution in [0.3, 0.4) is 0 Å². The molecule has 0 bridgehead atoms. The molecule has 3 amide bonds. The number of fused-ring (bicyclic) bond motifs is 1. The lowest BCUT2D eigenvalue weighted by Crippen LogP contribution is -2.59. The van der Waals surface area contributed by atoms with Crippen LogP contribution in [0.1, 0.15) is 31.4 Å². The number of amides is 3. The molecule has 0 aliphatic carbocycles. The molecule has 2 aromatic carbocycles. The summed E-state index contributed by atoms with van der Waals surface area (Å²) in [5.74, 6) is -3.43. The second kappa shape index (κ2) is 14.6. The quantitative estimate of drug-likeness (QED) is 0.132. The molecule has 3 rings (SSSR count). The van der Waals surface area contributed by atoms with E-state index in [-0.39, 0.29) is 30.3 Å². The number of hydrogen-bond acceptors (Lipinski definition) is 7. The number of rotatable bonds is 14. The van der Waals surface area contributed by atoms with Gasteiger partial charge in [-0.2, -0.15) is 12.6 Å². The van der Waals surface area contributed by atoms with Crippen molar-refractivity contribution in [3.8, 4) is 5.75 Å². The van der Waals surface area contributed by atoms with E-state index in [9.17, 15) is 29.4 Å². The number of carbonyl (C=O) groups is 4. The van der Waals surface area contributed by atoms with Crippen molar-refractivity contribution in [1.82, 2.24) is 20.9 Å². The minimum absolute atomic E-state index is 0.0715. The van der Waals surface area contributed by atoms with Crippen LogP contribution >= 0.6 is 12.6 Å². The molecule has 5 unspecified atom stereocenters. The van der Waals surface area contributed by atoms with E-state index >= 15 is 0 Å². The van der Waals surface area contributed by atoms with Gasteiger partial charge in [-0.1, -0.05) is 50.6 Å². The fraction of sp³-hybridized carbons (Fsp3) is 0.379. The lowest BCUT2D eigenvalue weighted by Gasteiger charge is -2.28. The van der Waals surface area contributed by atoms with Crippen molar-refractivity contribution in [1.29, 1.82) is 0 Å². The highest BCUT2D eigenvalue weighted by Gasteiger charge is 2.32. The average Bonchev–Trinajstić information content (AvgIpc) is 3.37. The Morgan fingerprint density at radius 3 is 2.22 bits per heavy atom. The molecule has 41 heavy (non-hydrogen) atoms. The van der Waals surface area contributed by atoms with Crippen molar-refractivity contribution in [2.45, 2.75) is 57.3 Å². The van der Waals surface area contributed by atoms with Gasteiger partial charge in [0.2, 0.25) is 17.7 Å². The summed E-state index contributed by atoms with van der Waals surface area (Å²) >= 11 is 4.02. The summed E-state index contributed by atoms with van der Waals surface area (Å²) in [4.78, 5) is 54.5. The first-order chi connectivity index (χ1) is 19.5. The minimum Gasteiger partial charge on any atom is -0.508 e. The van der Waals surface area contributed by atoms with Crippen molar-refractivity contribution in [2.75, 3.05) is 5.75 Å². The van der Waals surface area contributed by atoms with E-state index in [1.807, 2.05) is 31.2 Å². The summed E-state index contributed by atoms with van der Waals surface area (Å²) in [6.45, 7) is 3.67. The fourth-order valence-electron chi connectivity index (χ4n) is 4.39. The Kier molecular flexibility index (Phi) is 11.2. The number of carbonyl (C=O) groups excluding carboxylic acids is 3. The van der Waals surface area contributed by atoms with Gasteiger partial charge in [-0.15, -0.1) is 0 Å². The van der Waals surface area contributed by atoms with Crippen molar-refractivity contribution in [2.24, 2.45) is 11.7 Å². The molecule has 220 valence electrons. The van der Waals surface area contributed by atoms with E-state index in [1.54, 1.807) is 25.3 Å². The van der Waals surface area contributed by atoms with Gasteiger partial charge in [-0.25, -0.2) is 4.79 Å². The predicted molar refractivity (Wildman–Crippen MR) is 159 cm³/mol. The molecule has 8 N–H and O–H groups in total. The van der Waals surface area contributed by atoms with E-state index in [1.165, 1.54) is 12.1 Å². The zero-order valence-electron chi connectivity index (χ0n) is 23.0. The number of aliphatic carboxylic acids is 1. The van der Waals surface area contributed by atoms with Gasteiger partial charge in [0.15, 0.2) is 0 Å². The summed E-state index contributed by atoms with van der Waals surface area (Å²) in [7, 11) is 0. The molecule has 0 aliphatic heterocycles. The maximum Gasteiger partial charge on any atom is 0.327 e. The number of phenolic OH excluding ortho intramolecular Hbond substituents is 1. The molecule has 0 aliphatic rings. The van der Waals surface area contributed by atoms with Crippen LogP contribution in [0.5, 0.6) is 5.75 Å². The van der Waals surface area contributed by atoms with E-state index in [4.69, 9.17) is 5.73 Å². The van der Waals surface area contributed by atoms with Crippen LogP contribution in [0.25, 0.3) is 10.9 Å². The number of para-hydroxylation sites is 1. The molecule has 0 saturated heterocycles. The predicted octanol–water partition coefficient (Wildman–Crippen LogP) is 1.50. The molecular weight excluding hydrogens is 546 g/mol. The van der Waals surface area contributed by atoms with Gasteiger partial charge in [0.25, 0.3) is 0 Å². The summed E-state index contributed by atoms with van der Waals surface area (Å²) in [6, 6.07) is 9.42. The molecule has 0 fully saturated rings. The molecule has 3 aromatic rings. The van der Waals surface area contributed by atoms with E-state index in [2.05, 4.69) is 33.6 Å². The van der Waals surface area contributed by atoms with Crippen LogP contribution < -0.4 is 21.7 Å². The lowest BCUT2D eigenvalue weighted by atomic mass is 9.96. The third-order valence-corrected chi connectivity index (χ3v) is 7.42. The molecule has 0 radical (unpaired) electrons. The van der Waals surface area contributed by atoms with E-state index in [0.717, 1.165) is 22.0 Å². The Labute approximate surface area is 243 Å². The zero-order chi connectivity index (χ0) is 30.1. The van der Waals surface area contributed by atoms with Gasteiger partial charge in [0.1, 0.15) is 23.9 Å². The second-order valence-corrected chi connectivity index (χ2v) is 10.4. The molecule has 0 spiro atoms. The molecule has 1 aromatic heterocycles. The first kappa shape index (κ1) is 31.5. The highest BCUT2D eigenvalue weighted by Crippen LogP contribution is 2.20. The van der Waals surface area contributed by atoms with Crippen LogP contribution in [0.2, 0.25) is 0 Å². The third kappa shape index (κ3) is 8.48. The summed E-state index contributed by atoms with van der Waals surface area (Å²) < 4.78 is 0. The maximum atomic E-state index is 13.6. The number of carboxylic acid groups (broad SMARTS) is 1. The van der Waals surface area contributed by atoms with Gasteiger partial charge in [0, 0.05) is 29.3 Å². The van der Waals surface area contributed by atoms with Gasteiger partial charge >= 0.3 is 5.97 Å². The van der Waals surface area contributed by atoms with Crippen molar-refractivity contribution in [3.63, 3.8) is 0 Å². The number of nitrogens with two attached hydrogens (primary N) is 1. The first-order valence-electron chi connectivity index (χ1n) is 13.4. The summed E-state index contributed by atoms with van der Waals surface area (Å²) in [5, 5.41) is 27.7. The third-order valence-electron chi connectivity index (χ3n) is 7.05. The van der Waals surface area contributed by atoms with Gasteiger partial charge in [0.05, 0.1) is 6.04 Å². The van der Waals surface area contributed by atoms with Crippen molar-refractivity contribution >= 4 is 47.2 Å². The standard InChI is InChI=1S/C29H37N5O6S/c1-3-16(2)25(34-26(36)21(30)12-17-8-10-19(35)11-9-17)28(38)32-23(27(37)33-24(15-41)29(39)40)13-18-14-31-22-7-5-4-6-20(18)22/h4-11,14,16,21,23-25,31,35,41H,3,12-13,15,30H2,1-2H3,(H,32,38)(H,33,37)(H,34,36)(H,39,40). The minimum atomic E-state index is -1.25. The highest BCUT2D eigenvalue weighted by atomic mass is 32.1. The van der Waals surface area contributed by atoms with Crippen LogP contribution in [0.15, 0.2) is 54.7 Å². The largest absolute Gasteiger partial charge is 0.508 e. The number of benzene rings is 2. The number of H-pyrrole nitrogens is 1. The number of nitrogens with one attached hydrogen (secondary N) is 4. The normalized spacial score (nSPS) is 14.8. The zero-order valence-corrected chi connectivity index (χ0v) is 23.9. The Bertz CT molecular complexity index is 1360. The molecule has 0 saturated carbocycles. The van der Waals surface area contributed by atoms with Crippen LogP contribution in [0.4, 0.5) is 0 Å². The maximum absolute atomic E-state index is 13.6. The number of aromatic amines is 1.